The number of carbonyl (C=O) groups excluding carboxylic acids is 1. The van der Waals surface area contributed by atoms with Crippen LogP contribution in [-0.2, 0) is 9.53 Å². The molecule has 1 N–H and O–H groups in total. The third kappa shape index (κ3) is 3.96. The molecular formula is C15H23NO3. The Morgan fingerprint density at radius 1 is 1.37 bits per heavy atom. The summed E-state index contributed by atoms with van der Waals surface area (Å²) < 4.78 is 10.8. The van der Waals surface area contributed by atoms with Crippen molar-refractivity contribution in [1.82, 2.24) is 5.32 Å². The van der Waals surface area contributed by atoms with Crippen LogP contribution in [0.5, 0.6) is 5.75 Å². The Kier molecular flexibility index (Phi) is 5.36. The zero-order valence-corrected chi connectivity index (χ0v) is 12.4. The largest absolute Gasteiger partial charge is 0.491 e. The predicted octanol–water partition coefficient (Wildman–Crippen LogP) is 2.22. The first kappa shape index (κ1) is 15.5. The van der Waals surface area contributed by atoms with Crippen molar-refractivity contribution in [2.75, 3.05) is 20.3 Å². The van der Waals surface area contributed by atoms with Crippen molar-refractivity contribution in [2.24, 2.45) is 0 Å². The minimum absolute atomic E-state index is 0.229. The first-order valence-electron chi connectivity index (χ1n) is 6.49. The molecule has 0 spiro atoms. The van der Waals surface area contributed by atoms with E-state index < -0.39 is 5.54 Å². The van der Waals surface area contributed by atoms with E-state index in [4.69, 9.17) is 9.47 Å². The number of benzene rings is 1. The number of esters is 1. The second-order valence-corrected chi connectivity index (χ2v) is 4.86. The van der Waals surface area contributed by atoms with Crippen molar-refractivity contribution in [3.63, 3.8) is 0 Å². The number of carbonyl (C=O) groups is 1. The molecule has 1 rings (SSSR count). The lowest BCUT2D eigenvalue weighted by atomic mass is 10.0. The molecule has 0 fully saturated rings. The van der Waals surface area contributed by atoms with E-state index in [1.165, 1.54) is 0 Å². The molecular weight excluding hydrogens is 242 g/mol. The van der Waals surface area contributed by atoms with Gasteiger partial charge in [-0.3, -0.25) is 0 Å². The van der Waals surface area contributed by atoms with Gasteiger partial charge in [0.1, 0.15) is 17.9 Å². The van der Waals surface area contributed by atoms with Crippen molar-refractivity contribution in [1.29, 1.82) is 0 Å². The second kappa shape index (κ2) is 6.57. The first-order valence-corrected chi connectivity index (χ1v) is 6.49. The maximum atomic E-state index is 11.9. The fraction of sp³-hybridized carbons (Fsp3) is 0.533. The lowest BCUT2D eigenvalue weighted by Crippen LogP contribution is -2.53. The predicted molar refractivity (Wildman–Crippen MR) is 75.5 cm³/mol. The van der Waals surface area contributed by atoms with E-state index in [-0.39, 0.29) is 12.6 Å². The van der Waals surface area contributed by atoms with Crippen LogP contribution in [0.3, 0.4) is 0 Å². The van der Waals surface area contributed by atoms with Gasteiger partial charge in [-0.15, -0.1) is 0 Å². The van der Waals surface area contributed by atoms with E-state index in [0.717, 1.165) is 16.9 Å². The Hall–Kier alpha value is -1.55. The van der Waals surface area contributed by atoms with Gasteiger partial charge in [0.2, 0.25) is 0 Å². The van der Waals surface area contributed by atoms with E-state index in [1.54, 1.807) is 20.9 Å². The molecule has 19 heavy (non-hydrogen) atoms. The number of nitrogens with one attached hydrogen (secondary N) is 1. The Bertz CT molecular complexity index is 445. The average Bonchev–Trinajstić information content (AvgIpc) is 2.39. The highest BCUT2D eigenvalue weighted by Crippen LogP contribution is 2.20. The van der Waals surface area contributed by atoms with Crippen LogP contribution >= 0.6 is 0 Å². The van der Waals surface area contributed by atoms with Crippen LogP contribution in [0.2, 0.25) is 0 Å². The maximum Gasteiger partial charge on any atom is 0.329 e. The highest BCUT2D eigenvalue weighted by molar-refractivity contribution is 5.80. The third-order valence-electron chi connectivity index (χ3n) is 3.14. The highest BCUT2D eigenvalue weighted by Gasteiger charge is 2.34. The van der Waals surface area contributed by atoms with Crippen LogP contribution in [0.4, 0.5) is 0 Å². The molecule has 1 unspecified atom stereocenters. The number of rotatable bonds is 6. The molecule has 1 aromatic rings. The summed E-state index contributed by atoms with van der Waals surface area (Å²) in [5.74, 6) is 0.494. The summed E-state index contributed by atoms with van der Waals surface area (Å²) >= 11 is 0. The van der Waals surface area contributed by atoms with Crippen LogP contribution < -0.4 is 10.1 Å². The van der Waals surface area contributed by atoms with Crippen molar-refractivity contribution in [3.05, 3.63) is 29.3 Å². The maximum absolute atomic E-state index is 11.9. The van der Waals surface area contributed by atoms with Gasteiger partial charge in [0.25, 0.3) is 0 Å². The fourth-order valence-electron chi connectivity index (χ4n) is 1.61. The molecule has 0 amide bonds. The van der Waals surface area contributed by atoms with Crippen LogP contribution in [-0.4, -0.2) is 31.8 Å². The summed E-state index contributed by atoms with van der Waals surface area (Å²) in [6.07, 6.45) is 0. The van der Waals surface area contributed by atoms with Gasteiger partial charge in [-0.2, -0.15) is 0 Å². The standard InChI is InChI=1S/C15H23NO3/c1-6-18-14(17)15(4,16-5)10-19-13-9-11(2)7-8-12(13)3/h7-9,16H,6,10H2,1-5H3. The fourth-order valence-corrected chi connectivity index (χ4v) is 1.61. The van der Waals surface area contributed by atoms with Crippen molar-refractivity contribution in [2.45, 2.75) is 33.2 Å². The Morgan fingerprint density at radius 3 is 2.63 bits per heavy atom. The Balaban J connectivity index is 2.77. The average molecular weight is 265 g/mol. The molecule has 0 heterocycles. The lowest BCUT2D eigenvalue weighted by Gasteiger charge is -2.27. The summed E-state index contributed by atoms with van der Waals surface area (Å²) in [5, 5.41) is 2.97. The quantitative estimate of drug-likeness (QED) is 0.801. The smallest absolute Gasteiger partial charge is 0.329 e. The number of hydrogen-bond donors (Lipinski definition) is 1. The number of hydrogen-bond acceptors (Lipinski definition) is 4. The van der Waals surface area contributed by atoms with Gasteiger partial charge in [-0.25, -0.2) is 4.79 Å². The van der Waals surface area contributed by atoms with E-state index >= 15 is 0 Å². The van der Waals surface area contributed by atoms with Gasteiger partial charge < -0.3 is 14.8 Å². The molecule has 0 saturated carbocycles. The molecule has 0 aromatic heterocycles. The Labute approximate surface area is 115 Å². The summed E-state index contributed by atoms with van der Waals surface area (Å²) in [7, 11) is 1.73. The number of aryl methyl sites for hydroxylation is 2. The summed E-state index contributed by atoms with van der Waals surface area (Å²) in [5.41, 5.74) is 1.34. The number of likely N-dealkylation sites (N-methyl/N-ethyl adjacent to an activating group) is 1. The Morgan fingerprint density at radius 2 is 2.05 bits per heavy atom. The molecule has 0 bridgehead atoms. The SMILES string of the molecule is CCOC(=O)C(C)(COc1cc(C)ccc1C)NC. The second-order valence-electron chi connectivity index (χ2n) is 4.86. The monoisotopic (exact) mass is 265 g/mol. The van der Waals surface area contributed by atoms with Gasteiger partial charge in [0, 0.05) is 0 Å². The zero-order valence-electron chi connectivity index (χ0n) is 12.4. The molecule has 1 aromatic carbocycles. The van der Waals surface area contributed by atoms with Crippen LogP contribution in [0, 0.1) is 13.8 Å². The van der Waals surface area contributed by atoms with E-state index in [2.05, 4.69) is 5.32 Å². The van der Waals surface area contributed by atoms with Gasteiger partial charge in [-0.1, -0.05) is 12.1 Å². The number of ether oxygens (including phenoxy) is 2. The van der Waals surface area contributed by atoms with Gasteiger partial charge in [0.15, 0.2) is 0 Å². The van der Waals surface area contributed by atoms with E-state index in [9.17, 15) is 4.79 Å². The zero-order chi connectivity index (χ0) is 14.5. The summed E-state index contributed by atoms with van der Waals surface area (Å²) in [6, 6.07) is 6.01. The molecule has 0 aliphatic carbocycles. The third-order valence-corrected chi connectivity index (χ3v) is 3.14. The lowest BCUT2D eigenvalue weighted by molar-refractivity contribution is -0.151. The van der Waals surface area contributed by atoms with Gasteiger partial charge >= 0.3 is 5.97 Å². The topological polar surface area (TPSA) is 47.6 Å². The molecule has 0 aliphatic rings. The minimum atomic E-state index is -0.841. The molecule has 4 heteroatoms. The molecule has 0 aliphatic heterocycles. The van der Waals surface area contributed by atoms with Crippen LogP contribution in [0.1, 0.15) is 25.0 Å². The van der Waals surface area contributed by atoms with Crippen molar-refractivity contribution < 1.29 is 14.3 Å². The minimum Gasteiger partial charge on any atom is -0.491 e. The highest BCUT2D eigenvalue weighted by atomic mass is 16.5. The molecule has 0 saturated heterocycles. The van der Waals surface area contributed by atoms with Crippen molar-refractivity contribution >= 4 is 5.97 Å². The van der Waals surface area contributed by atoms with E-state index in [0.29, 0.717) is 6.61 Å². The molecule has 106 valence electrons. The summed E-state index contributed by atoms with van der Waals surface area (Å²) in [4.78, 5) is 11.9. The molecule has 0 radical (unpaired) electrons. The van der Waals surface area contributed by atoms with Gasteiger partial charge in [0.05, 0.1) is 6.61 Å². The van der Waals surface area contributed by atoms with E-state index in [1.807, 2.05) is 32.0 Å². The van der Waals surface area contributed by atoms with Crippen molar-refractivity contribution in [3.8, 4) is 5.75 Å². The van der Waals surface area contributed by atoms with Gasteiger partial charge in [-0.05, 0) is 51.9 Å². The molecule has 1 atom stereocenters. The van der Waals surface area contributed by atoms with Crippen LogP contribution in [0.25, 0.3) is 0 Å². The normalized spacial score (nSPS) is 13.7. The first-order chi connectivity index (χ1) is 8.92. The van der Waals surface area contributed by atoms with Crippen LogP contribution in [0.15, 0.2) is 18.2 Å². The molecule has 4 nitrogen and oxygen atoms in total. The summed E-state index contributed by atoms with van der Waals surface area (Å²) in [6.45, 7) is 8.15.